The lowest BCUT2D eigenvalue weighted by Crippen LogP contribution is -2.28. The van der Waals surface area contributed by atoms with Crippen LogP contribution < -0.4 is 0 Å². The Hall–Kier alpha value is -9.33. The lowest BCUT2D eigenvalue weighted by molar-refractivity contribution is 0.669. The van der Waals surface area contributed by atoms with Gasteiger partial charge in [0.2, 0.25) is 0 Å². The summed E-state index contributed by atoms with van der Waals surface area (Å²) in [5.41, 5.74) is 16.1. The number of rotatable bonds is 7. The highest BCUT2D eigenvalue weighted by Crippen LogP contribution is 2.58. The van der Waals surface area contributed by atoms with Crippen molar-refractivity contribution in [3.63, 3.8) is 0 Å². The molecule has 0 unspecified atom stereocenters. The average Bonchev–Trinajstić information content (AvgIpc) is 4.42. The normalized spacial score (nSPS) is 12.8. The monoisotopic (exact) mass is 1000 g/mol. The van der Waals surface area contributed by atoms with Crippen LogP contribution in [0.1, 0.15) is 22.3 Å². The van der Waals surface area contributed by atoms with E-state index in [1.165, 1.54) is 73.9 Å². The van der Waals surface area contributed by atoms with Gasteiger partial charge in [0.05, 0.1) is 5.41 Å². The summed E-state index contributed by atoms with van der Waals surface area (Å²) in [5.74, 6) is 1.85. The molecule has 0 spiro atoms. The minimum absolute atomic E-state index is 0.481. The van der Waals surface area contributed by atoms with Gasteiger partial charge in [-0.3, -0.25) is 0 Å². The maximum Gasteiger partial charge on any atom is 0.164 e. The topological polar surface area (TPSA) is 51.8 Å². The van der Waals surface area contributed by atoms with Crippen LogP contribution in [0.3, 0.4) is 0 Å². The minimum atomic E-state index is -0.481. The molecule has 0 saturated carbocycles. The van der Waals surface area contributed by atoms with Gasteiger partial charge in [0.25, 0.3) is 0 Å². The van der Waals surface area contributed by atoms with E-state index in [9.17, 15) is 0 Å². The molecular weight excluding hydrogens is 963 g/mol. The fourth-order valence-corrected chi connectivity index (χ4v) is 14.6. The number of nitrogens with zero attached hydrogens (tertiary/aromatic N) is 3. The van der Waals surface area contributed by atoms with Gasteiger partial charge < -0.3 is 4.42 Å². The standard InChI is InChI=1S/C70H41N3OS2/c1-3-19-46(20-4-1)70(47-21-5-2-6-22-47)56-29-10-7-24-51(56)64-48(26-14-30-57(64)70)44-18-13-17-42(39-44)43-36-38-58-55(40-43)65-53(27-15-31-59(65)74-58)68-71-67(45-35-37-50-49-23-8-11-32-60(49)76-63(50)41-45)72-69(73-68)54-28-16-34-62-66(54)52-25-9-12-33-61(52)75-62/h1-41H. The number of hydrogen-bond acceptors (Lipinski definition) is 6. The van der Waals surface area contributed by atoms with Crippen molar-refractivity contribution in [2.24, 2.45) is 0 Å². The molecule has 0 atom stereocenters. The molecule has 11 aromatic carbocycles. The number of furan rings is 1. The van der Waals surface area contributed by atoms with E-state index in [0.29, 0.717) is 17.5 Å². The Kier molecular flexibility index (Phi) is 9.56. The van der Waals surface area contributed by atoms with Crippen molar-refractivity contribution in [2.45, 2.75) is 5.41 Å². The molecule has 0 N–H and O–H groups in total. The molecule has 0 radical (unpaired) electrons. The maximum absolute atomic E-state index is 6.71. The first-order valence-electron chi connectivity index (χ1n) is 25.6. The summed E-state index contributed by atoms with van der Waals surface area (Å²) < 4.78 is 11.6. The van der Waals surface area contributed by atoms with Gasteiger partial charge in [0, 0.05) is 67.8 Å². The number of hydrogen-bond donors (Lipinski definition) is 0. The molecule has 4 nitrogen and oxygen atoms in total. The third-order valence-corrected chi connectivity index (χ3v) is 17.9. The molecule has 16 rings (SSSR count). The van der Waals surface area contributed by atoms with Gasteiger partial charge in [-0.05, 0) is 104 Å². The Morgan fingerprint density at radius 1 is 0.303 bits per heavy atom. The van der Waals surface area contributed by atoms with E-state index in [4.69, 9.17) is 19.4 Å². The molecule has 1 aliphatic rings. The van der Waals surface area contributed by atoms with Crippen LogP contribution in [0.5, 0.6) is 0 Å². The molecule has 6 heteroatoms. The second-order valence-corrected chi connectivity index (χ2v) is 21.9. The zero-order valence-electron chi connectivity index (χ0n) is 40.7. The maximum atomic E-state index is 6.71. The summed E-state index contributed by atoms with van der Waals surface area (Å²) >= 11 is 3.59. The molecule has 1 aliphatic carbocycles. The fourth-order valence-electron chi connectivity index (χ4n) is 12.4. The predicted octanol–water partition coefficient (Wildman–Crippen LogP) is 19.2. The molecule has 15 aromatic rings. The van der Waals surface area contributed by atoms with Crippen LogP contribution in [0.15, 0.2) is 253 Å². The van der Waals surface area contributed by atoms with Crippen molar-refractivity contribution in [2.75, 3.05) is 0 Å². The van der Waals surface area contributed by atoms with E-state index in [0.717, 1.165) is 60.7 Å². The second-order valence-electron chi connectivity index (χ2n) is 19.7. The van der Waals surface area contributed by atoms with Crippen LogP contribution in [0.2, 0.25) is 0 Å². The third-order valence-electron chi connectivity index (χ3n) is 15.6. The van der Waals surface area contributed by atoms with E-state index in [1.807, 2.05) is 6.07 Å². The molecule has 0 bridgehead atoms. The zero-order valence-corrected chi connectivity index (χ0v) is 42.4. The number of benzene rings is 11. The summed E-state index contributed by atoms with van der Waals surface area (Å²) in [6.07, 6.45) is 0. The average molecular weight is 1000 g/mol. The van der Waals surface area contributed by atoms with Crippen LogP contribution in [0.4, 0.5) is 0 Å². The first kappa shape index (κ1) is 43.1. The lowest BCUT2D eigenvalue weighted by atomic mass is 9.67. The van der Waals surface area contributed by atoms with Crippen molar-refractivity contribution in [1.82, 2.24) is 15.0 Å². The number of fused-ring (bicyclic) bond motifs is 12. The summed E-state index contributed by atoms with van der Waals surface area (Å²) in [7, 11) is 0. The SMILES string of the molecule is c1ccc(C2(c3ccccc3)c3ccccc3-c3c(-c4cccc(-c5ccc6oc7cccc(-c8nc(-c9ccc%10c(c9)sc9ccccc9%10)nc(-c9cccc%10sc%11ccccc%11c9%10)n8)c7c6c5)c4)cccc32)cc1. The summed E-state index contributed by atoms with van der Waals surface area (Å²) in [4.78, 5) is 16.2. The van der Waals surface area contributed by atoms with Gasteiger partial charge in [-0.25, -0.2) is 15.0 Å². The molecule has 0 fully saturated rings. The molecule has 354 valence electrons. The van der Waals surface area contributed by atoms with Gasteiger partial charge in [-0.15, -0.1) is 22.7 Å². The lowest BCUT2D eigenvalue weighted by Gasteiger charge is -2.34. The molecular formula is C70H41N3OS2. The summed E-state index contributed by atoms with van der Waals surface area (Å²) in [6, 6.07) is 90.0. The van der Waals surface area contributed by atoms with Crippen molar-refractivity contribution in [1.29, 1.82) is 0 Å². The Morgan fingerprint density at radius 3 is 1.67 bits per heavy atom. The van der Waals surface area contributed by atoms with Crippen molar-refractivity contribution in [3.8, 4) is 67.5 Å². The van der Waals surface area contributed by atoms with E-state index in [2.05, 4.69) is 243 Å². The van der Waals surface area contributed by atoms with Gasteiger partial charge >= 0.3 is 0 Å². The predicted molar refractivity (Wildman–Crippen MR) is 317 cm³/mol. The van der Waals surface area contributed by atoms with E-state index in [1.54, 1.807) is 22.7 Å². The molecule has 0 amide bonds. The molecule has 0 saturated heterocycles. The smallest absolute Gasteiger partial charge is 0.164 e. The Bertz CT molecular complexity index is 4800. The second kappa shape index (κ2) is 16.8. The van der Waals surface area contributed by atoms with E-state index in [-0.39, 0.29) is 0 Å². The fraction of sp³-hybridized carbons (Fsp3) is 0.0143. The molecule has 76 heavy (non-hydrogen) atoms. The van der Waals surface area contributed by atoms with Gasteiger partial charge in [-0.1, -0.05) is 200 Å². The first-order valence-corrected chi connectivity index (χ1v) is 27.3. The molecule has 0 aliphatic heterocycles. The number of thiophene rings is 2. The Morgan fingerprint density at radius 2 is 0.855 bits per heavy atom. The van der Waals surface area contributed by atoms with Crippen molar-refractivity contribution < 1.29 is 4.42 Å². The summed E-state index contributed by atoms with van der Waals surface area (Å²) in [5, 5.41) is 6.81. The third kappa shape index (κ3) is 6.45. The number of aromatic nitrogens is 3. The van der Waals surface area contributed by atoms with E-state index >= 15 is 0 Å². The Balaban J connectivity index is 0.864. The highest BCUT2D eigenvalue weighted by atomic mass is 32.1. The van der Waals surface area contributed by atoms with Crippen LogP contribution in [0.25, 0.3) is 130 Å². The first-order chi connectivity index (χ1) is 37.7. The van der Waals surface area contributed by atoms with Gasteiger partial charge in [-0.2, -0.15) is 0 Å². The highest BCUT2D eigenvalue weighted by Gasteiger charge is 2.46. The van der Waals surface area contributed by atoms with Gasteiger partial charge in [0.1, 0.15) is 11.2 Å². The summed E-state index contributed by atoms with van der Waals surface area (Å²) in [6.45, 7) is 0. The largest absolute Gasteiger partial charge is 0.456 e. The van der Waals surface area contributed by atoms with Crippen molar-refractivity contribution in [3.05, 3.63) is 271 Å². The zero-order chi connectivity index (χ0) is 49.9. The molecule has 4 heterocycles. The van der Waals surface area contributed by atoms with Crippen LogP contribution >= 0.6 is 22.7 Å². The molecule has 4 aromatic heterocycles. The Labute approximate surface area is 445 Å². The quantitative estimate of drug-likeness (QED) is 0.160. The highest BCUT2D eigenvalue weighted by molar-refractivity contribution is 7.26. The van der Waals surface area contributed by atoms with Gasteiger partial charge in [0.15, 0.2) is 17.5 Å². The van der Waals surface area contributed by atoms with Crippen molar-refractivity contribution >= 4 is 85.0 Å². The minimum Gasteiger partial charge on any atom is -0.456 e. The van der Waals surface area contributed by atoms with Crippen LogP contribution in [-0.4, -0.2) is 15.0 Å². The van der Waals surface area contributed by atoms with E-state index < -0.39 is 5.41 Å². The van der Waals surface area contributed by atoms with Crippen LogP contribution in [-0.2, 0) is 5.41 Å². The van der Waals surface area contributed by atoms with Crippen LogP contribution in [0, 0.1) is 0 Å².